The third-order valence-corrected chi connectivity index (χ3v) is 6.20. The van der Waals surface area contributed by atoms with E-state index in [0.717, 1.165) is 22.4 Å². The van der Waals surface area contributed by atoms with E-state index in [1.54, 1.807) is 13.3 Å². The molecule has 0 saturated carbocycles. The number of nitrogen functional groups attached to an aromatic ring is 1. The number of para-hydroxylation sites is 1. The zero-order chi connectivity index (χ0) is 23.8. The van der Waals surface area contributed by atoms with E-state index < -0.39 is 0 Å². The SMILES string of the molecule is COc1ccc(CSc2nnc(N/N=C/c3ccccc3OCc3ccccc3Cl)n2N)cc1. The number of benzene rings is 3. The first kappa shape index (κ1) is 23.5. The number of hydrazone groups is 1. The first-order chi connectivity index (χ1) is 16.6. The van der Waals surface area contributed by atoms with Crippen molar-refractivity contribution in [2.75, 3.05) is 18.4 Å². The molecule has 3 N–H and O–H groups in total. The fraction of sp³-hybridized carbons (Fsp3) is 0.125. The molecule has 0 aliphatic heterocycles. The van der Waals surface area contributed by atoms with Crippen molar-refractivity contribution in [1.29, 1.82) is 0 Å². The van der Waals surface area contributed by atoms with E-state index in [1.165, 1.54) is 16.4 Å². The summed E-state index contributed by atoms with van der Waals surface area (Å²) in [6.07, 6.45) is 1.64. The lowest BCUT2D eigenvalue weighted by molar-refractivity contribution is 0.306. The Hall–Kier alpha value is -3.69. The molecule has 0 atom stereocenters. The number of rotatable bonds is 10. The normalized spacial score (nSPS) is 11.0. The quantitative estimate of drug-likeness (QED) is 0.139. The van der Waals surface area contributed by atoms with Gasteiger partial charge in [-0.15, -0.1) is 10.2 Å². The minimum Gasteiger partial charge on any atom is -0.497 e. The predicted molar refractivity (Wildman–Crippen MR) is 136 cm³/mol. The van der Waals surface area contributed by atoms with Crippen LogP contribution in [0.2, 0.25) is 5.02 Å². The van der Waals surface area contributed by atoms with Gasteiger partial charge in [0.1, 0.15) is 18.1 Å². The second-order valence-electron chi connectivity index (χ2n) is 7.10. The Balaban J connectivity index is 1.35. The molecule has 0 fully saturated rings. The zero-order valence-electron chi connectivity index (χ0n) is 18.4. The van der Waals surface area contributed by atoms with Crippen LogP contribution >= 0.6 is 23.4 Å². The van der Waals surface area contributed by atoms with Gasteiger partial charge in [-0.2, -0.15) is 5.10 Å². The van der Waals surface area contributed by atoms with Gasteiger partial charge in [0, 0.05) is 21.9 Å². The van der Waals surface area contributed by atoms with E-state index in [1.807, 2.05) is 72.8 Å². The maximum atomic E-state index is 6.22. The number of thioether (sulfide) groups is 1. The van der Waals surface area contributed by atoms with Gasteiger partial charge in [0.25, 0.3) is 5.95 Å². The van der Waals surface area contributed by atoms with Crippen LogP contribution in [0.3, 0.4) is 0 Å². The summed E-state index contributed by atoms with van der Waals surface area (Å²) >= 11 is 7.69. The smallest absolute Gasteiger partial charge is 0.264 e. The highest BCUT2D eigenvalue weighted by molar-refractivity contribution is 7.98. The third kappa shape index (κ3) is 6.00. The maximum absolute atomic E-state index is 6.22. The van der Waals surface area contributed by atoms with Crippen molar-refractivity contribution in [1.82, 2.24) is 14.9 Å². The van der Waals surface area contributed by atoms with Crippen LogP contribution in [-0.2, 0) is 12.4 Å². The van der Waals surface area contributed by atoms with Crippen molar-refractivity contribution in [3.8, 4) is 11.5 Å². The van der Waals surface area contributed by atoms with Crippen LogP contribution in [0.5, 0.6) is 11.5 Å². The van der Waals surface area contributed by atoms with Crippen molar-refractivity contribution in [2.45, 2.75) is 17.5 Å². The Labute approximate surface area is 206 Å². The topological polar surface area (TPSA) is 99.6 Å². The zero-order valence-corrected chi connectivity index (χ0v) is 20.0. The molecule has 1 heterocycles. The molecule has 0 unspecified atom stereocenters. The molecule has 34 heavy (non-hydrogen) atoms. The first-order valence-corrected chi connectivity index (χ1v) is 11.7. The molecule has 0 radical (unpaired) electrons. The summed E-state index contributed by atoms with van der Waals surface area (Å²) in [5, 5.41) is 13.7. The standard InChI is InChI=1S/C24H23ClN6O2S/c1-32-20-12-10-17(11-13-20)16-34-24-30-29-23(31(24)26)28-27-14-18-6-3-5-9-22(18)33-15-19-7-2-4-8-21(19)25/h2-14H,15-16,26H2,1H3,(H,28,29)/b27-14+. The average Bonchev–Trinajstić information content (AvgIpc) is 3.22. The van der Waals surface area contributed by atoms with Crippen LogP contribution in [0.25, 0.3) is 0 Å². The summed E-state index contributed by atoms with van der Waals surface area (Å²) in [4.78, 5) is 0. The second-order valence-corrected chi connectivity index (χ2v) is 8.45. The summed E-state index contributed by atoms with van der Waals surface area (Å²) in [6.45, 7) is 0.351. The van der Waals surface area contributed by atoms with Gasteiger partial charge in [-0.05, 0) is 35.9 Å². The Bertz CT molecular complexity index is 1260. The fourth-order valence-corrected chi connectivity index (χ4v) is 3.97. The number of anilines is 1. The van der Waals surface area contributed by atoms with Crippen LogP contribution in [0.1, 0.15) is 16.7 Å². The van der Waals surface area contributed by atoms with E-state index in [-0.39, 0.29) is 0 Å². The van der Waals surface area contributed by atoms with Crippen molar-refractivity contribution < 1.29 is 9.47 Å². The molecule has 4 rings (SSSR count). The molecule has 3 aromatic carbocycles. The third-order valence-electron chi connectivity index (χ3n) is 4.82. The van der Waals surface area contributed by atoms with Gasteiger partial charge in [-0.1, -0.05) is 65.8 Å². The van der Waals surface area contributed by atoms with E-state index >= 15 is 0 Å². The number of nitrogens with two attached hydrogens (primary N) is 1. The Morgan fingerprint density at radius 2 is 1.82 bits per heavy atom. The highest BCUT2D eigenvalue weighted by Crippen LogP contribution is 2.24. The van der Waals surface area contributed by atoms with Crippen LogP contribution in [0.4, 0.5) is 5.95 Å². The molecular formula is C24H23ClN6O2S. The van der Waals surface area contributed by atoms with Gasteiger partial charge >= 0.3 is 0 Å². The molecule has 10 heteroatoms. The first-order valence-electron chi connectivity index (χ1n) is 10.3. The van der Waals surface area contributed by atoms with E-state index in [0.29, 0.717) is 34.2 Å². The highest BCUT2D eigenvalue weighted by Gasteiger charge is 2.10. The Morgan fingerprint density at radius 1 is 1.06 bits per heavy atom. The van der Waals surface area contributed by atoms with Gasteiger partial charge in [0.2, 0.25) is 5.16 Å². The molecule has 0 aliphatic rings. The molecule has 8 nitrogen and oxygen atoms in total. The summed E-state index contributed by atoms with van der Waals surface area (Å²) in [5.41, 5.74) is 5.65. The van der Waals surface area contributed by atoms with Gasteiger partial charge in [0.05, 0.1) is 13.3 Å². The lowest BCUT2D eigenvalue weighted by Crippen LogP contribution is -2.13. The maximum Gasteiger partial charge on any atom is 0.264 e. The minimum absolute atomic E-state index is 0.322. The fourth-order valence-electron chi connectivity index (χ4n) is 2.97. The van der Waals surface area contributed by atoms with Crippen molar-refractivity contribution in [2.24, 2.45) is 5.10 Å². The van der Waals surface area contributed by atoms with Crippen molar-refractivity contribution >= 4 is 35.5 Å². The summed E-state index contributed by atoms with van der Waals surface area (Å²) in [5.74, 6) is 8.64. The van der Waals surface area contributed by atoms with Crippen LogP contribution < -0.4 is 20.7 Å². The molecule has 4 aromatic rings. The number of aromatic nitrogens is 3. The summed E-state index contributed by atoms with van der Waals surface area (Å²) in [6, 6.07) is 23.0. The number of ether oxygens (including phenoxy) is 2. The summed E-state index contributed by atoms with van der Waals surface area (Å²) < 4.78 is 12.5. The average molecular weight is 495 g/mol. The largest absolute Gasteiger partial charge is 0.497 e. The van der Waals surface area contributed by atoms with Crippen LogP contribution in [0, 0.1) is 0 Å². The number of methoxy groups -OCH3 is 1. The van der Waals surface area contributed by atoms with Crippen molar-refractivity contribution in [3.63, 3.8) is 0 Å². The molecular weight excluding hydrogens is 472 g/mol. The Morgan fingerprint density at radius 3 is 2.62 bits per heavy atom. The van der Waals surface area contributed by atoms with Gasteiger partial charge < -0.3 is 15.3 Å². The highest BCUT2D eigenvalue weighted by atomic mass is 35.5. The number of halogens is 1. The number of nitrogens with zero attached hydrogens (tertiary/aromatic N) is 4. The predicted octanol–water partition coefficient (Wildman–Crippen LogP) is 4.97. The molecule has 1 aromatic heterocycles. The number of nitrogens with one attached hydrogen (secondary N) is 1. The number of hydrogen-bond donors (Lipinski definition) is 2. The molecule has 0 spiro atoms. The van der Waals surface area contributed by atoms with E-state index in [4.69, 9.17) is 26.9 Å². The number of hydrogen-bond acceptors (Lipinski definition) is 8. The molecule has 0 saturated heterocycles. The Kier molecular flexibility index (Phi) is 7.90. The van der Waals surface area contributed by atoms with Crippen molar-refractivity contribution in [3.05, 3.63) is 94.5 Å². The van der Waals surface area contributed by atoms with E-state index in [9.17, 15) is 0 Å². The molecule has 0 aliphatic carbocycles. The lowest BCUT2D eigenvalue weighted by atomic mass is 10.2. The monoisotopic (exact) mass is 494 g/mol. The summed E-state index contributed by atoms with van der Waals surface area (Å²) in [7, 11) is 1.64. The van der Waals surface area contributed by atoms with Gasteiger partial charge in [-0.3, -0.25) is 0 Å². The second kappa shape index (κ2) is 11.4. The molecule has 0 amide bonds. The minimum atomic E-state index is 0.322. The van der Waals surface area contributed by atoms with E-state index in [2.05, 4.69) is 20.7 Å². The molecule has 174 valence electrons. The van der Waals surface area contributed by atoms with Gasteiger partial charge in [0.15, 0.2) is 0 Å². The van der Waals surface area contributed by atoms with Crippen LogP contribution in [-0.4, -0.2) is 28.2 Å². The lowest BCUT2D eigenvalue weighted by Gasteiger charge is -2.10. The molecule has 0 bridgehead atoms. The van der Waals surface area contributed by atoms with Gasteiger partial charge in [-0.25, -0.2) is 10.1 Å². The van der Waals surface area contributed by atoms with Crippen LogP contribution in [0.15, 0.2) is 83.1 Å².